The van der Waals surface area contributed by atoms with E-state index in [1.54, 1.807) is 6.20 Å². The topological polar surface area (TPSA) is 41.1 Å². The van der Waals surface area contributed by atoms with Crippen LogP contribution in [0.1, 0.15) is 5.56 Å². The number of thiol groups is 1. The van der Waals surface area contributed by atoms with E-state index in [1.165, 1.54) is 0 Å². The Bertz CT molecular complexity index is 389. The number of hydrogen-bond donors (Lipinski definition) is 3. The van der Waals surface area contributed by atoms with Crippen LogP contribution >= 0.6 is 12.6 Å². The predicted molar refractivity (Wildman–Crippen MR) is 62.3 cm³/mol. The van der Waals surface area contributed by atoms with Gasteiger partial charge < -0.3 is 10.6 Å². The first-order valence-corrected chi connectivity index (χ1v) is 5.25. The van der Waals surface area contributed by atoms with Crippen molar-refractivity contribution in [2.45, 2.75) is 11.9 Å². The van der Waals surface area contributed by atoms with Gasteiger partial charge >= 0.3 is 0 Å². The van der Waals surface area contributed by atoms with Crippen molar-refractivity contribution in [3.05, 3.63) is 47.7 Å². The molecule has 1 aromatic rings. The normalized spacial score (nSPS) is 20.2. The zero-order chi connectivity index (χ0) is 10.7. The number of amides is 1. The van der Waals surface area contributed by atoms with E-state index in [0.29, 0.717) is 6.42 Å². The Morgan fingerprint density at radius 3 is 2.67 bits per heavy atom. The zero-order valence-electron chi connectivity index (χ0n) is 8.10. The van der Waals surface area contributed by atoms with Crippen LogP contribution in [-0.2, 0) is 11.2 Å². The second-order valence-corrected chi connectivity index (χ2v) is 3.89. The van der Waals surface area contributed by atoms with Crippen LogP contribution in [0, 0.1) is 0 Å². The zero-order valence-corrected chi connectivity index (χ0v) is 9.00. The third-order valence-corrected chi connectivity index (χ3v) is 2.49. The smallest absolute Gasteiger partial charge is 0.251 e. The van der Waals surface area contributed by atoms with Crippen LogP contribution in [0.3, 0.4) is 0 Å². The molecule has 4 heteroatoms. The van der Waals surface area contributed by atoms with E-state index in [2.05, 4.69) is 23.3 Å². The van der Waals surface area contributed by atoms with Crippen LogP contribution in [-0.4, -0.2) is 11.4 Å². The Hall–Kier alpha value is -1.42. The van der Waals surface area contributed by atoms with E-state index in [0.717, 1.165) is 11.1 Å². The van der Waals surface area contributed by atoms with Gasteiger partial charge in [-0.2, -0.15) is 0 Å². The molecule has 1 amide bonds. The van der Waals surface area contributed by atoms with Crippen molar-refractivity contribution in [3.8, 4) is 0 Å². The van der Waals surface area contributed by atoms with Crippen LogP contribution in [0.4, 0.5) is 0 Å². The minimum atomic E-state index is -0.281. The van der Waals surface area contributed by atoms with Crippen molar-refractivity contribution >= 4 is 18.5 Å². The predicted octanol–water partition coefficient (Wildman–Crippen LogP) is 1.05. The highest BCUT2D eigenvalue weighted by Gasteiger charge is 2.17. The molecule has 0 aromatic heterocycles. The number of carbonyl (C=O) groups excluding carboxylic acids is 1. The van der Waals surface area contributed by atoms with E-state index in [1.807, 2.05) is 30.3 Å². The number of nitrogens with one attached hydrogen (secondary N) is 2. The first-order valence-electron chi connectivity index (χ1n) is 4.73. The molecule has 2 rings (SSSR count). The van der Waals surface area contributed by atoms with Gasteiger partial charge in [0.05, 0.1) is 0 Å². The van der Waals surface area contributed by atoms with Crippen molar-refractivity contribution in [1.29, 1.82) is 0 Å². The molecule has 3 nitrogen and oxygen atoms in total. The lowest BCUT2D eigenvalue weighted by Gasteiger charge is -2.20. The van der Waals surface area contributed by atoms with E-state index < -0.39 is 0 Å². The molecule has 1 heterocycles. The van der Waals surface area contributed by atoms with Gasteiger partial charge in [-0.1, -0.05) is 30.3 Å². The number of hydrogen-bond acceptors (Lipinski definition) is 3. The molecule has 78 valence electrons. The quantitative estimate of drug-likeness (QED) is 0.652. The van der Waals surface area contributed by atoms with Crippen molar-refractivity contribution in [2.24, 2.45) is 0 Å². The highest BCUT2D eigenvalue weighted by Crippen LogP contribution is 2.10. The third kappa shape index (κ3) is 2.53. The monoisotopic (exact) mass is 220 g/mol. The van der Waals surface area contributed by atoms with Crippen molar-refractivity contribution in [3.63, 3.8) is 0 Å². The van der Waals surface area contributed by atoms with Crippen LogP contribution in [0.15, 0.2) is 42.1 Å². The highest BCUT2D eigenvalue weighted by molar-refractivity contribution is 7.80. The molecule has 0 spiro atoms. The largest absolute Gasteiger partial charge is 0.363 e. The first kappa shape index (κ1) is 10.1. The van der Waals surface area contributed by atoms with Gasteiger partial charge in [0.2, 0.25) is 0 Å². The summed E-state index contributed by atoms with van der Waals surface area (Å²) < 4.78 is 0. The van der Waals surface area contributed by atoms with Crippen LogP contribution in [0.2, 0.25) is 0 Å². The summed E-state index contributed by atoms with van der Waals surface area (Å²) in [6.45, 7) is 0. The van der Waals surface area contributed by atoms with E-state index in [-0.39, 0.29) is 11.4 Å². The lowest BCUT2D eigenvalue weighted by atomic mass is 10.1. The molecule has 0 bridgehead atoms. The van der Waals surface area contributed by atoms with Gasteiger partial charge in [0, 0.05) is 18.2 Å². The van der Waals surface area contributed by atoms with Gasteiger partial charge in [-0.3, -0.25) is 4.79 Å². The second kappa shape index (κ2) is 4.40. The average Bonchev–Trinajstić information content (AvgIpc) is 2.24. The molecule has 0 radical (unpaired) electrons. The SMILES string of the molecule is O=C1NC(S)NC=C1Cc1ccccc1. The van der Waals surface area contributed by atoms with Gasteiger partial charge in [0.1, 0.15) is 5.50 Å². The molecule has 1 aliphatic rings. The summed E-state index contributed by atoms with van der Waals surface area (Å²) in [5.41, 5.74) is 1.57. The maximum Gasteiger partial charge on any atom is 0.251 e. The summed E-state index contributed by atoms with van der Waals surface area (Å²) in [7, 11) is 0. The van der Waals surface area contributed by atoms with Crippen molar-refractivity contribution in [2.75, 3.05) is 0 Å². The van der Waals surface area contributed by atoms with Gasteiger partial charge in [0.15, 0.2) is 0 Å². The minimum absolute atomic E-state index is 0.0578. The molecule has 0 fully saturated rings. The van der Waals surface area contributed by atoms with E-state index in [9.17, 15) is 4.79 Å². The summed E-state index contributed by atoms with van der Waals surface area (Å²) in [6.07, 6.45) is 2.36. The number of benzene rings is 1. The molecule has 15 heavy (non-hydrogen) atoms. The van der Waals surface area contributed by atoms with Gasteiger partial charge in [-0.25, -0.2) is 0 Å². The van der Waals surface area contributed by atoms with Gasteiger partial charge in [-0.05, 0) is 5.56 Å². The Morgan fingerprint density at radius 1 is 1.27 bits per heavy atom. The van der Waals surface area contributed by atoms with E-state index in [4.69, 9.17) is 0 Å². The summed E-state index contributed by atoms with van der Waals surface area (Å²) in [4.78, 5) is 11.5. The van der Waals surface area contributed by atoms with Crippen LogP contribution in [0.5, 0.6) is 0 Å². The number of rotatable bonds is 2. The standard InChI is InChI=1S/C11H12N2OS/c14-10-9(7-12-11(15)13-10)6-8-4-2-1-3-5-8/h1-5,7,11-12,15H,6H2,(H,13,14). The van der Waals surface area contributed by atoms with Crippen molar-refractivity contribution in [1.82, 2.24) is 10.6 Å². The molecule has 0 saturated heterocycles. The van der Waals surface area contributed by atoms with Crippen LogP contribution < -0.4 is 10.6 Å². The molecule has 1 unspecified atom stereocenters. The number of carbonyl (C=O) groups is 1. The van der Waals surface area contributed by atoms with Crippen LogP contribution in [0.25, 0.3) is 0 Å². The fourth-order valence-electron chi connectivity index (χ4n) is 1.45. The maximum atomic E-state index is 11.5. The third-order valence-electron chi connectivity index (χ3n) is 2.21. The summed E-state index contributed by atoms with van der Waals surface area (Å²) in [5, 5.41) is 5.65. The molecule has 0 saturated carbocycles. The van der Waals surface area contributed by atoms with Crippen molar-refractivity contribution < 1.29 is 4.79 Å². The molecule has 1 aliphatic heterocycles. The summed E-state index contributed by atoms with van der Waals surface area (Å²) in [6, 6.07) is 9.89. The van der Waals surface area contributed by atoms with Gasteiger partial charge in [-0.15, -0.1) is 12.6 Å². The molecular formula is C11H12N2OS. The molecular weight excluding hydrogens is 208 g/mol. The Morgan fingerprint density at radius 2 is 2.00 bits per heavy atom. The van der Waals surface area contributed by atoms with E-state index >= 15 is 0 Å². The fraction of sp³-hybridized carbons (Fsp3) is 0.182. The molecule has 1 aromatic carbocycles. The molecule has 0 aliphatic carbocycles. The highest BCUT2D eigenvalue weighted by atomic mass is 32.1. The second-order valence-electron chi connectivity index (χ2n) is 3.37. The Balaban J connectivity index is 2.10. The fourth-order valence-corrected chi connectivity index (χ4v) is 1.64. The molecule has 2 N–H and O–H groups in total. The minimum Gasteiger partial charge on any atom is -0.363 e. The lowest BCUT2D eigenvalue weighted by Crippen LogP contribution is -2.44. The summed E-state index contributed by atoms with van der Waals surface area (Å²) >= 11 is 4.10. The summed E-state index contributed by atoms with van der Waals surface area (Å²) in [5.74, 6) is -0.0578. The maximum absolute atomic E-state index is 11.5. The van der Waals surface area contributed by atoms with Gasteiger partial charge in [0.25, 0.3) is 5.91 Å². The lowest BCUT2D eigenvalue weighted by molar-refractivity contribution is -0.118. The Labute approximate surface area is 94.0 Å². The first-order chi connectivity index (χ1) is 7.25. The Kier molecular flexibility index (Phi) is 2.97. The molecule has 1 atom stereocenters. The average molecular weight is 220 g/mol.